The van der Waals surface area contributed by atoms with Crippen LogP contribution in [0, 0.1) is 0 Å². The van der Waals surface area contributed by atoms with Crippen molar-refractivity contribution >= 4 is 60.5 Å². The second-order valence-electron chi connectivity index (χ2n) is 5.33. The van der Waals surface area contributed by atoms with Crippen molar-refractivity contribution in [3.63, 3.8) is 0 Å². The van der Waals surface area contributed by atoms with E-state index in [1.54, 1.807) is 24.3 Å². The highest BCUT2D eigenvalue weighted by Crippen LogP contribution is 2.32. The van der Waals surface area contributed by atoms with Crippen LogP contribution in [0.2, 0.25) is 4.34 Å². The predicted molar refractivity (Wildman–Crippen MR) is 99.0 cm³/mol. The fourth-order valence-corrected chi connectivity index (χ4v) is 6.30. The van der Waals surface area contributed by atoms with Gasteiger partial charge in [0.2, 0.25) is 5.91 Å². The molecule has 128 valence electrons. The Labute approximate surface area is 157 Å². The molecular formula is C15H14BrClN2O3S2. The first-order valence-electron chi connectivity index (χ1n) is 7.21. The van der Waals surface area contributed by atoms with E-state index in [4.69, 9.17) is 11.6 Å². The van der Waals surface area contributed by atoms with Crippen LogP contribution in [0.3, 0.4) is 0 Å². The van der Waals surface area contributed by atoms with E-state index >= 15 is 0 Å². The van der Waals surface area contributed by atoms with Gasteiger partial charge in [-0.25, -0.2) is 8.42 Å². The van der Waals surface area contributed by atoms with E-state index in [1.807, 2.05) is 6.07 Å². The van der Waals surface area contributed by atoms with Gasteiger partial charge in [0.15, 0.2) is 0 Å². The number of hydrogen-bond donors (Lipinski definition) is 1. The van der Waals surface area contributed by atoms with Gasteiger partial charge in [0.25, 0.3) is 10.0 Å². The van der Waals surface area contributed by atoms with Gasteiger partial charge in [-0.1, -0.05) is 33.6 Å². The summed E-state index contributed by atoms with van der Waals surface area (Å²) < 4.78 is 28.2. The Morgan fingerprint density at radius 2 is 2.12 bits per heavy atom. The number of benzene rings is 1. The van der Waals surface area contributed by atoms with E-state index in [0.29, 0.717) is 29.4 Å². The van der Waals surface area contributed by atoms with Crippen LogP contribution < -0.4 is 5.32 Å². The number of carbonyl (C=O) groups excluding carboxylic acids is 1. The maximum Gasteiger partial charge on any atom is 0.253 e. The number of thiophene rings is 1. The molecule has 24 heavy (non-hydrogen) atoms. The first-order valence-corrected chi connectivity index (χ1v) is 10.6. The van der Waals surface area contributed by atoms with Crippen molar-refractivity contribution in [2.75, 3.05) is 11.9 Å². The van der Waals surface area contributed by atoms with E-state index in [-0.39, 0.29) is 10.1 Å². The highest BCUT2D eigenvalue weighted by Gasteiger charge is 2.40. The molecule has 0 saturated carbocycles. The average Bonchev–Trinajstić information content (AvgIpc) is 3.16. The molecule has 1 aromatic heterocycles. The molecule has 2 aromatic rings. The van der Waals surface area contributed by atoms with Crippen LogP contribution in [-0.4, -0.2) is 31.2 Å². The number of sulfonamides is 1. The summed E-state index contributed by atoms with van der Waals surface area (Å²) in [6.45, 7) is 0.328. The summed E-state index contributed by atoms with van der Waals surface area (Å²) in [6, 6.07) is 9.49. The van der Waals surface area contributed by atoms with Crippen molar-refractivity contribution in [2.45, 2.75) is 23.1 Å². The molecule has 5 nitrogen and oxygen atoms in total. The molecule has 9 heteroatoms. The molecule has 1 saturated heterocycles. The zero-order valence-corrected chi connectivity index (χ0v) is 16.4. The van der Waals surface area contributed by atoms with Crippen LogP contribution >= 0.6 is 38.9 Å². The topological polar surface area (TPSA) is 66.5 Å². The molecule has 1 aliphatic rings. The molecule has 1 N–H and O–H groups in total. The third-order valence-electron chi connectivity index (χ3n) is 3.71. The molecule has 0 spiro atoms. The van der Waals surface area contributed by atoms with Crippen molar-refractivity contribution in [2.24, 2.45) is 0 Å². The van der Waals surface area contributed by atoms with Crippen molar-refractivity contribution in [1.82, 2.24) is 4.31 Å². The standard InChI is InChI=1S/C15H14BrClN2O3S2/c16-10-3-1-4-11(9-10)18-15(20)12-5-2-8-19(12)24(21,22)14-7-6-13(17)23-14/h1,3-4,6-7,9,12H,2,5,8H2,(H,18,20)/t12-/m0/s1. The van der Waals surface area contributed by atoms with Crippen LogP contribution in [0.15, 0.2) is 45.1 Å². The lowest BCUT2D eigenvalue weighted by Gasteiger charge is -2.22. The average molecular weight is 450 g/mol. The Hall–Kier alpha value is -0.930. The lowest BCUT2D eigenvalue weighted by atomic mass is 10.2. The molecular weight excluding hydrogens is 436 g/mol. The minimum atomic E-state index is -3.72. The van der Waals surface area contributed by atoms with Crippen LogP contribution in [0.1, 0.15) is 12.8 Å². The zero-order chi connectivity index (χ0) is 17.3. The van der Waals surface area contributed by atoms with Gasteiger partial charge >= 0.3 is 0 Å². The molecule has 1 amide bonds. The molecule has 3 rings (SSSR count). The maximum absolute atomic E-state index is 12.8. The van der Waals surface area contributed by atoms with Gasteiger partial charge in [-0.2, -0.15) is 4.31 Å². The van der Waals surface area contributed by atoms with Crippen molar-refractivity contribution in [3.05, 3.63) is 45.2 Å². The molecule has 1 atom stereocenters. The lowest BCUT2D eigenvalue weighted by Crippen LogP contribution is -2.42. The number of amides is 1. The van der Waals surface area contributed by atoms with Crippen molar-refractivity contribution < 1.29 is 13.2 Å². The molecule has 1 fully saturated rings. The van der Waals surface area contributed by atoms with Gasteiger partial charge in [-0.3, -0.25) is 4.79 Å². The Morgan fingerprint density at radius 1 is 1.33 bits per heavy atom. The van der Waals surface area contributed by atoms with Gasteiger partial charge in [0, 0.05) is 16.7 Å². The number of nitrogens with zero attached hydrogens (tertiary/aromatic N) is 1. The molecule has 1 aliphatic heterocycles. The van der Waals surface area contributed by atoms with Crippen LogP contribution in [0.4, 0.5) is 5.69 Å². The maximum atomic E-state index is 12.8. The Bertz CT molecular complexity index is 869. The quantitative estimate of drug-likeness (QED) is 0.768. The van der Waals surface area contributed by atoms with Gasteiger partial charge in [0.05, 0.1) is 4.34 Å². The normalized spacial score (nSPS) is 18.7. The van der Waals surface area contributed by atoms with Gasteiger partial charge in [-0.15, -0.1) is 11.3 Å². The molecule has 0 aliphatic carbocycles. The van der Waals surface area contributed by atoms with E-state index in [1.165, 1.54) is 10.4 Å². The van der Waals surface area contributed by atoms with Crippen LogP contribution in [-0.2, 0) is 14.8 Å². The second kappa shape index (κ2) is 7.13. The largest absolute Gasteiger partial charge is 0.325 e. The van der Waals surface area contributed by atoms with Gasteiger partial charge in [-0.05, 0) is 43.2 Å². The second-order valence-corrected chi connectivity index (χ2v) is 10.1. The minimum Gasteiger partial charge on any atom is -0.325 e. The minimum absolute atomic E-state index is 0.162. The number of rotatable bonds is 4. The summed E-state index contributed by atoms with van der Waals surface area (Å²) in [6.07, 6.45) is 1.15. The molecule has 2 heterocycles. The van der Waals surface area contributed by atoms with Crippen LogP contribution in [0.5, 0.6) is 0 Å². The summed E-state index contributed by atoms with van der Waals surface area (Å²) in [7, 11) is -3.72. The smallest absolute Gasteiger partial charge is 0.253 e. The number of nitrogens with one attached hydrogen (secondary N) is 1. The fraction of sp³-hybridized carbons (Fsp3) is 0.267. The zero-order valence-electron chi connectivity index (χ0n) is 12.4. The summed E-state index contributed by atoms with van der Waals surface area (Å²) in [4.78, 5) is 12.6. The molecule has 1 aromatic carbocycles. The van der Waals surface area contributed by atoms with E-state index < -0.39 is 16.1 Å². The molecule has 0 unspecified atom stereocenters. The number of anilines is 1. The van der Waals surface area contributed by atoms with Crippen LogP contribution in [0.25, 0.3) is 0 Å². The van der Waals surface area contributed by atoms with E-state index in [0.717, 1.165) is 15.8 Å². The Balaban J connectivity index is 1.81. The predicted octanol–water partition coefficient (Wildman–Crippen LogP) is 3.96. The van der Waals surface area contributed by atoms with E-state index in [9.17, 15) is 13.2 Å². The third kappa shape index (κ3) is 3.67. The number of halogens is 2. The lowest BCUT2D eigenvalue weighted by molar-refractivity contribution is -0.119. The van der Waals surface area contributed by atoms with Crippen molar-refractivity contribution in [1.29, 1.82) is 0 Å². The first-order chi connectivity index (χ1) is 11.4. The van der Waals surface area contributed by atoms with Crippen molar-refractivity contribution in [3.8, 4) is 0 Å². The highest BCUT2D eigenvalue weighted by molar-refractivity contribution is 9.10. The Kier molecular flexibility index (Phi) is 5.31. The summed E-state index contributed by atoms with van der Waals surface area (Å²) in [5.74, 6) is -0.322. The first kappa shape index (κ1) is 17.9. The number of hydrogen-bond acceptors (Lipinski definition) is 4. The van der Waals surface area contributed by atoms with Gasteiger partial charge in [0.1, 0.15) is 10.3 Å². The monoisotopic (exact) mass is 448 g/mol. The highest BCUT2D eigenvalue weighted by atomic mass is 79.9. The molecule has 0 radical (unpaired) electrons. The summed E-state index contributed by atoms with van der Waals surface area (Å²) >= 11 is 10.2. The van der Waals surface area contributed by atoms with E-state index in [2.05, 4.69) is 21.2 Å². The van der Waals surface area contributed by atoms with Gasteiger partial charge < -0.3 is 5.32 Å². The number of carbonyl (C=O) groups is 1. The summed E-state index contributed by atoms with van der Waals surface area (Å²) in [5.41, 5.74) is 0.623. The third-order valence-corrected chi connectivity index (χ3v) is 7.81. The Morgan fingerprint density at radius 3 is 2.79 bits per heavy atom. The SMILES string of the molecule is O=C(Nc1cccc(Br)c1)[C@@H]1CCCN1S(=O)(=O)c1ccc(Cl)s1. The summed E-state index contributed by atoms with van der Waals surface area (Å²) in [5, 5.41) is 2.79. The molecule has 0 bridgehead atoms. The fourth-order valence-electron chi connectivity index (χ4n) is 2.63.